The lowest BCUT2D eigenvalue weighted by Crippen LogP contribution is -2.56. The number of carbonyl (C=O) groups is 2. The van der Waals surface area contributed by atoms with Crippen molar-refractivity contribution in [2.45, 2.75) is 233 Å². The summed E-state index contributed by atoms with van der Waals surface area (Å²) in [5, 5.41) is 3.21. The molecule has 0 aliphatic rings. The smallest absolute Gasteiger partial charge is 0.307 e. The number of carbonyl (C=O) groups excluding carboxylic acids is 2. The van der Waals surface area contributed by atoms with Gasteiger partial charge >= 0.3 is 11.9 Å². The highest BCUT2D eigenvalue weighted by Crippen LogP contribution is 2.19. The molecule has 0 radical (unpaired) electrons. The molecule has 0 unspecified atom stereocenters. The van der Waals surface area contributed by atoms with E-state index in [-0.39, 0.29) is 11.9 Å². The maximum atomic E-state index is 12.4. The topological polar surface area (TPSA) is 64.6 Å². The molecule has 0 bridgehead atoms. The Hall–Kier alpha value is -1.10. The first kappa shape index (κ1) is 41.9. The van der Waals surface area contributed by atoms with Crippen LogP contribution in [0.25, 0.3) is 0 Å². The lowest BCUT2D eigenvalue weighted by atomic mass is 10.0. The van der Waals surface area contributed by atoms with Crippen molar-refractivity contribution < 1.29 is 19.1 Å². The molecule has 5 nitrogen and oxygen atoms in total. The molecule has 5 heteroatoms. The van der Waals surface area contributed by atoms with Crippen LogP contribution in [0.4, 0.5) is 0 Å². The van der Waals surface area contributed by atoms with Crippen molar-refractivity contribution in [1.82, 2.24) is 5.32 Å². The Balaban J connectivity index is 3.81. The minimum Gasteiger partial charge on any atom is -0.444 e. The molecule has 0 saturated heterocycles. The van der Waals surface area contributed by atoms with E-state index in [1.807, 2.05) is 27.7 Å². The van der Waals surface area contributed by atoms with E-state index in [0.717, 1.165) is 25.7 Å². The third kappa shape index (κ3) is 30.7. The average molecular weight is 610 g/mol. The lowest BCUT2D eigenvalue weighted by molar-refractivity contribution is -0.178. The summed E-state index contributed by atoms with van der Waals surface area (Å²) in [4.78, 5) is 24.9. The largest absolute Gasteiger partial charge is 0.444 e. The normalized spacial score (nSPS) is 12.0. The molecule has 0 aromatic heterocycles. The van der Waals surface area contributed by atoms with Crippen LogP contribution in [0.15, 0.2) is 0 Å². The highest BCUT2D eigenvalue weighted by atomic mass is 16.6. The van der Waals surface area contributed by atoms with Crippen molar-refractivity contribution in [1.29, 1.82) is 0 Å². The first-order valence-electron chi connectivity index (χ1n) is 18.8. The second kappa shape index (κ2) is 28.4. The predicted octanol–water partition coefficient (Wildman–Crippen LogP) is 12.1. The Kier molecular flexibility index (Phi) is 27.7. The van der Waals surface area contributed by atoms with E-state index in [9.17, 15) is 9.59 Å². The van der Waals surface area contributed by atoms with Crippen molar-refractivity contribution in [3.8, 4) is 0 Å². The number of nitrogens with one attached hydrogen (secondary N) is 1. The van der Waals surface area contributed by atoms with Gasteiger partial charge in [0, 0.05) is 12.8 Å². The maximum Gasteiger partial charge on any atom is 0.307 e. The molecule has 43 heavy (non-hydrogen) atoms. The van der Waals surface area contributed by atoms with Gasteiger partial charge in [-0.1, -0.05) is 168 Å². The van der Waals surface area contributed by atoms with Gasteiger partial charge in [0.1, 0.15) is 0 Å². The summed E-state index contributed by atoms with van der Waals surface area (Å²) in [6, 6.07) is 0. The molecule has 0 heterocycles. The number of unbranched alkanes of at least 4 members (excludes halogenated alkanes) is 24. The van der Waals surface area contributed by atoms with Crippen LogP contribution < -0.4 is 5.32 Å². The van der Waals surface area contributed by atoms with Gasteiger partial charge in [0.05, 0.1) is 0 Å². The van der Waals surface area contributed by atoms with Gasteiger partial charge < -0.3 is 9.47 Å². The van der Waals surface area contributed by atoms with Crippen LogP contribution in [0, 0.1) is 0 Å². The van der Waals surface area contributed by atoms with Crippen molar-refractivity contribution >= 4 is 11.9 Å². The zero-order chi connectivity index (χ0) is 32.1. The minimum atomic E-state index is -0.910. The molecule has 0 aromatic rings. The number of esters is 2. The summed E-state index contributed by atoms with van der Waals surface area (Å²) in [7, 11) is 0. The minimum absolute atomic E-state index is 0.199. The first-order valence-corrected chi connectivity index (χ1v) is 18.8. The third-order valence-electron chi connectivity index (χ3n) is 8.31. The molecular weight excluding hydrogens is 534 g/mol. The van der Waals surface area contributed by atoms with Gasteiger partial charge in [0.15, 0.2) is 11.4 Å². The summed E-state index contributed by atoms with van der Waals surface area (Å²) in [5.74, 6) is -0.399. The Bertz CT molecular complexity index is 592. The Morgan fingerprint density at radius 3 is 0.837 bits per heavy atom. The first-order chi connectivity index (χ1) is 20.6. The molecule has 256 valence electrons. The van der Waals surface area contributed by atoms with Gasteiger partial charge in [-0.2, -0.15) is 0 Å². The monoisotopic (exact) mass is 610 g/mol. The zero-order valence-corrected chi connectivity index (χ0v) is 29.9. The van der Waals surface area contributed by atoms with E-state index >= 15 is 0 Å². The zero-order valence-electron chi connectivity index (χ0n) is 29.9. The van der Waals surface area contributed by atoms with E-state index in [1.54, 1.807) is 0 Å². The Morgan fingerprint density at radius 2 is 0.605 bits per heavy atom. The number of hydrogen-bond donors (Lipinski definition) is 1. The van der Waals surface area contributed by atoms with Crippen LogP contribution in [-0.4, -0.2) is 23.4 Å². The van der Waals surface area contributed by atoms with Gasteiger partial charge in [-0.15, -0.1) is 0 Å². The lowest BCUT2D eigenvalue weighted by Gasteiger charge is -2.36. The Morgan fingerprint density at radius 1 is 0.395 bits per heavy atom. The van der Waals surface area contributed by atoms with E-state index in [0.29, 0.717) is 12.8 Å². The number of rotatable bonds is 32. The summed E-state index contributed by atoms with van der Waals surface area (Å²) < 4.78 is 11.4. The van der Waals surface area contributed by atoms with Crippen molar-refractivity contribution in [3.05, 3.63) is 0 Å². The molecule has 0 rings (SSSR count). The quantitative estimate of drug-likeness (QED) is 0.0467. The highest BCUT2D eigenvalue weighted by Gasteiger charge is 2.33. The Labute approximate surface area is 268 Å². The number of ether oxygens (including phenoxy) is 2. The van der Waals surface area contributed by atoms with Gasteiger partial charge in [0.25, 0.3) is 0 Å². The fourth-order valence-corrected chi connectivity index (χ4v) is 6.02. The van der Waals surface area contributed by atoms with Crippen LogP contribution in [0.5, 0.6) is 0 Å². The molecule has 0 saturated carbocycles. The predicted molar refractivity (Wildman–Crippen MR) is 184 cm³/mol. The summed E-state index contributed by atoms with van der Waals surface area (Å²) in [5.41, 5.74) is -1.82. The standard InChI is InChI=1S/C38H75NO4/c1-7-9-11-13-15-17-19-21-23-25-27-29-31-33-35(40)42-37(3,4)39-38(5,6)43-36(41)34-32-30-28-26-24-22-20-18-16-14-12-10-8-2/h39H,7-34H2,1-6H3. The van der Waals surface area contributed by atoms with Gasteiger partial charge in [0.2, 0.25) is 0 Å². The van der Waals surface area contributed by atoms with Gasteiger partial charge in [-0.05, 0) is 40.5 Å². The second-order valence-corrected chi connectivity index (χ2v) is 14.1. The van der Waals surface area contributed by atoms with E-state index in [1.165, 1.54) is 141 Å². The molecule has 0 atom stereocenters. The SMILES string of the molecule is CCCCCCCCCCCCCCCC(=O)OC(C)(C)NC(C)(C)OC(=O)CCCCCCCCCCCCCCC. The van der Waals surface area contributed by atoms with Crippen molar-refractivity contribution in [3.63, 3.8) is 0 Å². The van der Waals surface area contributed by atoms with Gasteiger partial charge in [-0.3, -0.25) is 9.59 Å². The number of hydrogen-bond acceptors (Lipinski definition) is 5. The fourth-order valence-electron chi connectivity index (χ4n) is 6.02. The van der Waals surface area contributed by atoms with Crippen LogP contribution in [0.3, 0.4) is 0 Å². The van der Waals surface area contributed by atoms with Crippen LogP contribution in [0.2, 0.25) is 0 Å². The summed E-state index contributed by atoms with van der Waals surface area (Å²) in [6.45, 7) is 11.8. The van der Waals surface area contributed by atoms with E-state index < -0.39 is 11.4 Å². The van der Waals surface area contributed by atoms with Crippen LogP contribution >= 0.6 is 0 Å². The molecule has 0 spiro atoms. The maximum absolute atomic E-state index is 12.4. The molecule has 1 N–H and O–H groups in total. The van der Waals surface area contributed by atoms with Crippen molar-refractivity contribution in [2.75, 3.05) is 0 Å². The second-order valence-electron chi connectivity index (χ2n) is 14.1. The van der Waals surface area contributed by atoms with Crippen molar-refractivity contribution in [2.24, 2.45) is 0 Å². The molecule has 0 aliphatic heterocycles. The van der Waals surface area contributed by atoms with Crippen LogP contribution in [0.1, 0.15) is 221 Å². The average Bonchev–Trinajstić information content (AvgIpc) is 2.92. The van der Waals surface area contributed by atoms with E-state index in [2.05, 4.69) is 19.2 Å². The van der Waals surface area contributed by atoms with Crippen LogP contribution in [-0.2, 0) is 19.1 Å². The fraction of sp³-hybridized carbons (Fsp3) is 0.947. The molecule has 0 fully saturated rings. The summed E-state index contributed by atoms with van der Waals surface area (Å²) in [6.07, 6.45) is 34.2. The molecule has 0 aliphatic carbocycles. The highest BCUT2D eigenvalue weighted by molar-refractivity contribution is 5.70. The van der Waals surface area contributed by atoms with E-state index in [4.69, 9.17) is 9.47 Å². The van der Waals surface area contributed by atoms with Gasteiger partial charge in [-0.25, -0.2) is 5.32 Å². The summed E-state index contributed by atoms with van der Waals surface area (Å²) >= 11 is 0. The molecule has 0 amide bonds. The third-order valence-corrected chi connectivity index (χ3v) is 8.31. The molecular formula is C38H75NO4. The molecule has 0 aromatic carbocycles.